The van der Waals surface area contributed by atoms with Gasteiger partial charge in [-0.2, -0.15) is 0 Å². The molecule has 0 aromatic carbocycles. The zero-order valence-electron chi connectivity index (χ0n) is 10.1. The van der Waals surface area contributed by atoms with Gasteiger partial charge in [0.1, 0.15) is 10.3 Å². The number of rotatable bonds is 4. The molecule has 1 unspecified atom stereocenters. The lowest BCUT2D eigenvalue weighted by Crippen LogP contribution is -2.33. The Hall–Kier alpha value is -0.800. The normalized spacial score (nSPS) is 12.6. The summed E-state index contributed by atoms with van der Waals surface area (Å²) in [5.41, 5.74) is 0.436. The fourth-order valence-corrected chi connectivity index (χ4v) is 2.13. The number of nitrogens with one attached hydrogen (secondary N) is 1. The van der Waals surface area contributed by atoms with Crippen LogP contribution in [0.3, 0.4) is 0 Å². The highest BCUT2D eigenvalue weighted by atomic mass is 35.5. The van der Waals surface area contributed by atoms with Gasteiger partial charge in [0.2, 0.25) is 0 Å². The lowest BCUT2D eigenvalue weighted by molar-refractivity contribution is 0.0936. The molecule has 0 bridgehead atoms. The molecule has 0 aliphatic rings. The molecule has 94 valence electrons. The Morgan fingerprint density at radius 1 is 1.29 bits per heavy atom. The van der Waals surface area contributed by atoms with Crippen LogP contribution < -0.4 is 5.32 Å². The van der Waals surface area contributed by atoms with Crippen molar-refractivity contribution in [2.75, 3.05) is 0 Å². The summed E-state index contributed by atoms with van der Waals surface area (Å²) in [5, 5.41) is 3.34. The molecule has 0 saturated carbocycles. The van der Waals surface area contributed by atoms with E-state index in [0.29, 0.717) is 11.5 Å². The first-order valence-corrected chi connectivity index (χ1v) is 6.28. The number of halogens is 2. The van der Waals surface area contributed by atoms with Gasteiger partial charge < -0.3 is 5.32 Å². The monoisotopic (exact) mass is 274 g/mol. The Labute approximate surface area is 112 Å². The van der Waals surface area contributed by atoms with Crippen molar-refractivity contribution in [1.29, 1.82) is 0 Å². The van der Waals surface area contributed by atoms with E-state index in [1.165, 1.54) is 12.1 Å². The van der Waals surface area contributed by atoms with Crippen molar-refractivity contribution in [2.24, 2.45) is 5.92 Å². The van der Waals surface area contributed by atoms with Crippen LogP contribution in [0.1, 0.15) is 37.6 Å². The van der Waals surface area contributed by atoms with Crippen LogP contribution >= 0.6 is 23.2 Å². The highest BCUT2D eigenvalue weighted by Gasteiger charge is 2.12. The summed E-state index contributed by atoms with van der Waals surface area (Å²) in [5.74, 6) is 0.360. The molecule has 0 aliphatic heterocycles. The fraction of sp³-hybridized carbons (Fsp3) is 0.500. The summed E-state index contributed by atoms with van der Waals surface area (Å²) < 4.78 is 0. The Morgan fingerprint density at radius 3 is 2.29 bits per heavy atom. The van der Waals surface area contributed by atoms with Crippen molar-refractivity contribution in [1.82, 2.24) is 10.3 Å². The van der Waals surface area contributed by atoms with Crippen LogP contribution in [-0.4, -0.2) is 16.9 Å². The van der Waals surface area contributed by atoms with Gasteiger partial charge in [0.15, 0.2) is 0 Å². The van der Waals surface area contributed by atoms with Crippen molar-refractivity contribution in [3.05, 3.63) is 28.0 Å². The van der Waals surface area contributed by atoms with Crippen molar-refractivity contribution in [3.63, 3.8) is 0 Å². The summed E-state index contributed by atoms with van der Waals surface area (Å²) in [6.45, 7) is 6.20. The standard InChI is InChI=1S/C12H16Cl2N2O/c1-7(2)4-8(3)15-12(17)9-5-10(13)16-11(14)6-9/h5-8H,4H2,1-3H3,(H,15,17). The van der Waals surface area contributed by atoms with Crippen LogP contribution in [-0.2, 0) is 0 Å². The van der Waals surface area contributed by atoms with Crippen LogP contribution in [0.4, 0.5) is 0 Å². The molecule has 0 saturated heterocycles. The number of carbonyl (C=O) groups excluding carboxylic acids is 1. The number of pyridine rings is 1. The average Bonchev–Trinajstić information content (AvgIpc) is 2.14. The Balaban J connectivity index is 2.69. The lowest BCUT2D eigenvalue weighted by Gasteiger charge is -2.16. The number of carbonyl (C=O) groups is 1. The Bertz CT molecular complexity index is 387. The molecule has 1 atom stereocenters. The largest absolute Gasteiger partial charge is 0.350 e. The van der Waals surface area contributed by atoms with Gasteiger partial charge in [-0.3, -0.25) is 4.79 Å². The number of nitrogens with zero attached hydrogens (tertiary/aromatic N) is 1. The fourth-order valence-electron chi connectivity index (χ4n) is 1.67. The van der Waals surface area contributed by atoms with Crippen molar-refractivity contribution < 1.29 is 4.79 Å². The lowest BCUT2D eigenvalue weighted by atomic mass is 10.1. The maximum absolute atomic E-state index is 11.9. The molecule has 17 heavy (non-hydrogen) atoms. The highest BCUT2D eigenvalue weighted by molar-refractivity contribution is 6.33. The Kier molecular flexibility index (Phi) is 5.22. The highest BCUT2D eigenvalue weighted by Crippen LogP contribution is 2.15. The average molecular weight is 275 g/mol. The van der Waals surface area contributed by atoms with Crippen LogP contribution in [0.25, 0.3) is 0 Å². The van der Waals surface area contributed by atoms with Gasteiger partial charge in [-0.05, 0) is 31.4 Å². The van der Waals surface area contributed by atoms with Crippen LogP contribution in [0.5, 0.6) is 0 Å². The molecule has 1 amide bonds. The van der Waals surface area contributed by atoms with E-state index in [1.807, 2.05) is 6.92 Å². The van der Waals surface area contributed by atoms with Gasteiger partial charge in [-0.1, -0.05) is 37.0 Å². The molecule has 0 spiro atoms. The summed E-state index contributed by atoms with van der Waals surface area (Å²) in [6.07, 6.45) is 0.929. The third-order valence-corrected chi connectivity index (χ3v) is 2.61. The second kappa shape index (κ2) is 6.22. The van der Waals surface area contributed by atoms with Gasteiger partial charge in [0, 0.05) is 11.6 Å². The number of hydrogen-bond acceptors (Lipinski definition) is 2. The number of hydrogen-bond donors (Lipinski definition) is 1. The molecule has 0 radical (unpaired) electrons. The minimum atomic E-state index is -0.177. The quantitative estimate of drug-likeness (QED) is 0.854. The third kappa shape index (κ3) is 4.92. The molecule has 0 fully saturated rings. The minimum Gasteiger partial charge on any atom is -0.350 e. The first-order chi connectivity index (χ1) is 7.88. The first kappa shape index (κ1) is 14.3. The summed E-state index contributed by atoms with van der Waals surface area (Å²) >= 11 is 11.5. The summed E-state index contributed by atoms with van der Waals surface area (Å²) in [6, 6.07) is 3.13. The molecule has 5 heteroatoms. The molecule has 1 N–H and O–H groups in total. The van der Waals surface area contributed by atoms with Gasteiger partial charge in [-0.15, -0.1) is 0 Å². The van der Waals surface area contributed by atoms with E-state index in [1.54, 1.807) is 0 Å². The van der Waals surface area contributed by atoms with E-state index in [4.69, 9.17) is 23.2 Å². The molecule has 1 rings (SSSR count). The predicted molar refractivity (Wildman–Crippen MR) is 70.6 cm³/mol. The van der Waals surface area contributed by atoms with Crippen LogP contribution in [0.2, 0.25) is 10.3 Å². The maximum atomic E-state index is 11.9. The third-order valence-electron chi connectivity index (χ3n) is 2.23. The minimum absolute atomic E-state index is 0.119. The van der Waals surface area contributed by atoms with E-state index >= 15 is 0 Å². The molecule has 0 aliphatic carbocycles. The van der Waals surface area contributed by atoms with E-state index in [-0.39, 0.29) is 22.3 Å². The SMILES string of the molecule is CC(C)CC(C)NC(=O)c1cc(Cl)nc(Cl)c1. The zero-order chi connectivity index (χ0) is 13.0. The van der Waals surface area contributed by atoms with E-state index < -0.39 is 0 Å². The second-order valence-corrected chi connectivity index (χ2v) is 5.28. The van der Waals surface area contributed by atoms with Gasteiger partial charge in [-0.25, -0.2) is 4.98 Å². The van der Waals surface area contributed by atoms with Crippen molar-refractivity contribution in [3.8, 4) is 0 Å². The predicted octanol–water partition coefficient (Wildman–Crippen LogP) is 3.55. The number of aromatic nitrogens is 1. The molecular formula is C12H16Cl2N2O. The smallest absolute Gasteiger partial charge is 0.251 e. The Morgan fingerprint density at radius 2 is 1.82 bits per heavy atom. The second-order valence-electron chi connectivity index (χ2n) is 4.51. The molecule has 1 heterocycles. The first-order valence-electron chi connectivity index (χ1n) is 5.52. The van der Waals surface area contributed by atoms with Crippen molar-refractivity contribution >= 4 is 29.1 Å². The zero-order valence-corrected chi connectivity index (χ0v) is 11.6. The maximum Gasteiger partial charge on any atom is 0.251 e. The van der Waals surface area contributed by atoms with Crippen LogP contribution in [0, 0.1) is 5.92 Å². The van der Waals surface area contributed by atoms with Crippen molar-refractivity contribution in [2.45, 2.75) is 33.2 Å². The number of amides is 1. The van der Waals surface area contributed by atoms with E-state index in [0.717, 1.165) is 6.42 Å². The van der Waals surface area contributed by atoms with Gasteiger partial charge in [0.25, 0.3) is 5.91 Å². The topological polar surface area (TPSA) is 42.0 Å². The van der Waals surface area contributed by atoms with E-state index in [2.05, 4.69) is 24.1 Å². The van der Waals surface area contributed by atoms with Crippen LogP contribution in [0.15, 0.2) is 12.1 Å². The molecule has 1 aromatic heterocycles. The van der Waals surface area contributed by atoms with Gasteiger partial charge in [0.05, 0.1) is 0 Å². The summed E-state index contributed by atoms with van der Waals surface area (Å²) in [4.78, 5) is 15.7. The molecule has 3 nitrogen and oxygen atoms in total. The molecular weight excluding hydrogens is 259 g/mol. The van der Waals surface area contributed by atoms with E-state index in [9.17, 15) is 4.79 Å². The molecule has 1 aromatic rings. The summed E-state index contributed by atoms with van der Waals surface area (Å²) in [7, 11) is 0. The van der Waals surface area contributed by atoms with Gasteiger partial charge >= 0.3 is 0 Å².